The number of hydrogen-bond acceptors (Lipinski definition) is 7. The Balaban J connectivity index is 1.29. The molecular weight excluding hydrogens is 422 g/mol. The van der Waals surface area contributed by atoms with Crippen molar-refractivity contribution < 1.29 is 4.52 Å². The van der Waals surface area contributed by atoms with Crippen molar-refractivity contribution in [3.63, 3.8) is 0 Å². The number of hydrogen-bond donors (Lipinski definition) is 3. The molecule has 1 aromatic carbocycles. The fourth-order valence-electron chi connectivity index (χ4n) is 3.88. The molecule has 0 saturated heterocycles. The molecule has 3 aromatic rings. The molecule has 9 heteroatoms. The Labute approximate surface area is 193 Å². The average molecular weight is 452 g/mol. The maximum absolute atomic E-state index is 5.59. The van der Waals surface area contributed by atoms with Crippen LogP contribution in [0.15, 0.2) is 47.1 Å². The van der Waals surface area contributed by atoms with Crippen LogP contribution in [0.2, 0.25) is 0 Å². The Kier molecular flexibility index (Phi) is 6.84. The summed E-state index contributed by atoms with van der Waals surface area (Å²) in [5, 5.41) is 15.0. The van der Waals surface area contributed by atoms with E-state index in [1.165, 1.54) is 0 Å². The van der Waals surface area contributed by atoms with Crippen molar-refractivity contribution in [2.24, 2.45) is 0 Å². The van der Waals surface area contributed by atoms with E-state index in [2.05, 4.69) is 31.1 Å². The molecule has 32 heavy (non-hydrogen) atoms. The van der Waals surface area contributed by atoms with Crippen molar-refractivity contribution in [3.8, 4) is 11.3 Å². The van der Waals surface area contributed by atoms with Crippen molar-refractivity contribution in [2.75, 3.05) is 29.6 Å². The number of nitrogens with one attached hydrogen (secondary N) is 3. The van der Waals surface area contributed by atoms with Crippen molar-refractivity contribution in [1.82, 2.24) is 20.4 Å². The van der Waals surface area contributed by atoms with Crippen molar-refractivity contribution in [1.29, 1.82) is 0 Å². The van der Waals surface area contributed by atoms with Gasteiger partial charge in [-0.15, -0.1) is 0 Å². The molecule has 2 heterocycles. The van der Waals surface area contributed by atoms with Crippen LogP contribution in [0, 0.1) is 6.92 Å². The number of aromatic nitrogens is 3. The molecule has 3 N–H and O–H groups in total. The first-order valence-electron chi connectivity index (χ1n) is 10.9. The molecule has 2 aromatic heterocycles. The van der Waals surface area contributed by atoms with Gasteiger partial charge in [0.25, 0.3) is 0 Å². The minimum Gasteiger partial charge on any atom is -0.363 e. The first kappa shape index (κ1) is 22.0. The Morgan fingerprint density at radius 1 is 1.06 bits per heavy atom. The molecule has 0 spiro atoms. The van der Waals surface area contributed by atoms with E-state index in [1.807, 2.05) is 62.3 Å². The highest BCUT2D eigenvalue weighted by atomic mass is 32.1. The molecule has 1 aliphatic rings. The average Bonchev–Trinajstić information content (AvgIpc) is 3.16. The van der Waals surface area contributed by atoms with Crippen LogP contribution in [0.25, 0.3) is 11.3 Å². The van der Waals surface area contributed by atoms with Crippen LogP contribution < -0.4 is 20.9 Å². The van der Waals surface area contributed by atoms with Gasteiger partial charge >= 0.3 is 0 Å². The molecule has 1 fully saturated rings. The highest BCUT2D eigenvalue weighted by Gasteiger charge is 2.23. The number of benzene rings is 1. The molecule has 8 nitrogen and oxygen atoms in total. The minimum absolute atomic E-state index is 0.322. The lowest BCUT2D eigenvalue weighted by atomic mass is 9.91. The Morgan fingerprint density at radius 2 is 1.78 bits per heavy atom. The van der Waals surface area contributed by atoms with Gasteiger partial charge in [0.15, 0.2) is 10.9 Å². The predicted molar refractivity (Wildman–Crippen MR) is 132 cm³/mol. The highest BCUT2D eigenvalue weighted by molar-refractivity contribution is 7.80. The lowest BCUT2D eigenvalue weighted by Gasteiger charge is -2.30. The van der Waals surface area contributed by atoms with Gasteiger partial charge in [0, 0.05) is 37.9 Å². The molecule has 168 valence electrons. The summed E-state index contributed by atoms with van der Waals surface area (Å²) in [6.45, 7) is 1.88. The van der Waals surface area contributed by atoms with E-state index < -0.39 is 0 Å². The molecule has 0 amide bonds. The van der Waals surface area contributed by atoms with Crippen LogP contribution in [0.5, 0.6) is 0 Å². The van der Waals surface area contributed by atoms with Crippen LogP contribution in [-0.2, 0) is 0 Å². The summed E-state index contributed by atoms with van der Waals surface area (Å²) in [5.41, 5.74) is 2.56. The monoisotopic (exact) mass is 451 g/mol. The van der Waals surface area contributed by atoms with Crippen LogP contribution in [0.3, 0.4) is 0 Å². The summed E-state index contributed by atoms with van der Waals surface area (Å²) >= 11 is 5.59. The van der Waals surface area contributed by atoms with E-state index in [0.717, 1.165) is 48.4 Å². The van der Waals surface area contributed by atoms with Gasteiger partial charge in [-0.25, -0.2) is 4.98 Å². The third kappa shape index (κ3) is 5.34. The zero-order valence-corrected chi connectivity index (χ0v) is 19.4. The van der Waals surface area contributed by atoms with Crippen molar-refractivity contribution in [3.05, 3.63) is 48.4 Å². The third-order valence-corrected chi connectivity index (χ3v) is 5.86. The molecule has 1 aliphatic carbocycles. The van der Waals surface area contributed by atoms with Crippen molar-refractivity contribution >= 4 is 34.8 Å². The van der Waals surface area contributed by atoms with Gasteiger partial charge < -0.3 is 25.4 Å². The number of rotatable bonds is 6. The van der Waals surface area contributed by atoms with Gasteiger partial charge in [0.05, 0.1) is 0 Å². The number of nitrogens with zero attached hydrogens (tertiary/aromatic N) is 4. The van der Waals surface area contributed by atoms with E-state index >= 15 is 0 Å². The smallest absolute Gasteiger partial charge is 0.224 e. The topological polar surface area (TPSA) is 91.1 Å². The highest BCUT2D eigenvalue weighted by Crippen LogP contribution is 2.30. The van der Waals surface area contributed by atoms with E-state index in [0.29, 0.717) is 28.9 Å². The van der Waals surface area contributed by atoms with E-state index in [4.69, 9.17) is 16.7 Å². The predicted octanol–water partition coefficient (Wildman–Crippen LogP) is 4.22. The summed E-state index contributed by atoms with van der Waals surface area (Å²) in [6.07, 6.45) is 5.87. The van der Waals surface area contributed by atoms with E-state index in [1.54, 1.807) is 6.20 Å². The maximum atomic E-state index is 5.59. The van der Waals surface area contributed by atoms with Gasteiger partial charge in [0.1, 0.15) is 17.2 Å². The van der Waals surface area contributed by atoms with Crippen LogP contribution in [0.4, 0.5) is 17.5 Å². The second-order valence-electron chi connectivity index (χ2n) is 8.25. The quantitative estimate of drug-likeness (QED) is 0.477. The third-order valence-electron chi connectivity index (χ3n) is 5.64. The minimum atomic E-state index is 0.322. The SMILES string of the molecule is Cc1onc(-c2ccccc2)c1NC(=S)N[C@H]1CC[C@@H](Nc2nccc(N(C)C)n2)CC1. The summed E-state index contributed by atoms with van der Waals surface area (Å²) in [7, 11) is 3.95. The van der Waals surface area contributed by atoms with Gasteiger partial charge in [-0.05, 0) is 50.9 Å². The number of anilines is 3. The van der Waals surface area contributed by atoms with Crippen molar-refractivity contribution in [2.45, 2.75) is 44.7 Å². The molecule has 0 radical (unpaired) electrons. The maximum Gasteiger partial charge on any atom is 0.224 e. The molecule has 0 aliphatic heterocycles. The Bertz CT molecular complexity index is 1050. The first-order valence-corrected chi connectivity index (χ1v) is 11.3. The first-order chi connectivity index (χ1) is 15.5. The van der Waals surface area contributed by atoms with E-state index in [9.17, 15) is 0 Å². The second-order valence-corrected chi connectivity index (χ2v) is 8.66. The normalized spacial score (nSPS) is 18.1. The molecule has 0 unspecified atom stereocenters. The zero-order valence-electron chi connectivity index (χ0n) is 18.6. The molecule has 4 rings (SSSR count). The zero-order chi connectivity index (χ0) is 22.5. The largest absolute Gasteiger partial charge is 0.363 e. The summed E-state index contributed by atoms with van der Waals surface area (Å²) in [6, 6.07) is 12.5. The Morgan fingerprint density at radius 3 is 2.50 bits per heavy atom. The fourth-order valence-corrected chi connectivity index (χ4v) is 4.15. The van der Waals surface area contributed by atoms with Gasteiger partial charge in [-0.2, -0.15) is 4.98 Å². The summed E-state index contributed by atoms with van der Waals surface area (Å²) in [5.74, 6) is 2.29. The van der Waals surface area contributed by atoms with E-state index in [-0.39, 0.29) is 0 Å². The lowest BCUT2D eigenvalue weighted by Crippen LogP contribution is -2.42. The van der Waals surface area contributed by atoms with Crippen LogP contribution in [0.1, 0.15) is 31.4 Å². The molecule has 0 atom stereocenters. The van der Waals surface area contributed by atoms with Crippen LogP contribution in [-0.4, -0.2) is 46.4 Å². The number of aryl methyl sites for hydroxylation is 1. The summed E-state index contributed by atoms with van der Waals surface area (Å²) in [4.78, 5) is 10.9. The fraction of sp³-hybridized carbons (Fsp3) is 0.391. The number of thiocarbonyl (C=S) groups is 1. The van der Waals surface area contributed by atoms with Gasteiger partial charge in [0.2, 0.25) is 5.95 Å². The van der Waals surface area contributed by atoms with Gasteiger partial charge in [-0.3, -0.25) is 0 Å². The second kappa shape index (κ2) is 9.95. The molecular formula is C23H29N7OS. The standard InChI is InChI=1S/C23H29N7OS/c1-15-20(21(29-31-15)16-7-5-4-6-8-16)28-23(32)26-18-11-9-17(10-12-18)25-22-24-14-13-19(27-22)30(2)3/h4-8,13-14,17-18H,9-12H2,1-3H3,(H,24,25,27)(H2,26,28,32)/t17-,18+. The summed E-state index contributed by atoms with van der Waals surface area (Å²) < 4.78 is 5.41. The van der Waals surface area contributed by atoms with Crippen LogP contribution >= 0.6 is 12.2 Å². The molecule has 0 bridgehead atoms. The lowest BCUT2D eigenvalue weighted by molar-refractivity contribution is 0.387. The van der Waals surface area contributed by atoms with Gasteiger partial charge in [-0.1, -0.05) is 35.5 Å². The molecule has 1 saturated carbocycles. The Hall–Kier alpha value is -3.20.